The van der Waals surface area contributed by atoms with Crippen molar-refractivity contribution < 1.29 is 0 Å². The average molecular weight is 396 g/mol. The number of hydrogen-bond acceptors (Lipinski definition) is 2. The first-order valence-corrected chi connectivity index (χ1v) is 7.86. The molecule has 17 heavy (non-hydrogen) atoms. The molecule has 1 unspecified atom stereocenters. The summed E-state index contributed by atoms with van der Waals surface area (Å²) in [6.45, 7) is 2.12. The lowest BCUT2D eigenvalue weighted by atomic mass is 10.1. The monoisotopic (exact) mass is 393 g/mol. The van der Waals surface area contributed by atoms with Crippen molar-refractivity contribution in [2.75, 3.05) is 5.32 Å². The smallest absolute Gasteiger partial charge is 0.0931 e. The van der Waals surface area contributed by atoms with E-state index in [0.717, 1.165) is 19.0 Å². The molecule has 0 saturated carbocycles. The highest BCUT2D eigenvalue weighted by molar-refractivity contribution is 9.11. The van der Waals surface area contributed by atoms with Crippen LogP contribution >= 0.6 is 54.8 Å². The van der Waals surface area contributed by atoms with Crippen LogP contribution in [0.4, 0.5) is 5.69 Å². The van der Waals surface area contributed by atoms with Crippen LogP contribution in [0.25, 0.3) is 0 Å². The first-order valence-electron chi connectivity index (χ1n) is 5.02. The minimum Gasteiger partial charge on any atom is -0.378 e. The van der Waals surface area contributed by atoms with Gasteiger partial charge in [0.1, 0.15) is 0 Å². The van der Waals surface area contributed by atoms with Crippen LogP contribution in [0.15, 0.2) is 38.6 Å². The van der Waals surface area contributed by atoms with E-state index in [2.05, 4.69) is 49.5 Å². The predicted molar refractivity (Wildman–Crippen MR) is 83.2 cm³/mol. The fourth-order valence-corrected chi connectivity index (χ4v) is 3.62. The molecule has 0 saturated heterocycles. The van der Waals surface area contributed by atoms with Gasteiger partial charge in [-0.3, -0.25) is 0 Å². The molecule has 0 spiro atoms. The van der Waals surface area contributed by atoms with Crippen LogP contribution in [-0.2, 0) is 0 Å². The van der Waals surface area contributed by atoms with Gasteiger partial charge in [0.25, 0.3) is 0 Å². The molecular weight excluding hydrogens is 385 g/mol. The molecule has 0 aliphatic rings. The molecule has 0 aliphatic heterocycles. The van der Waals surface area contributed by atoms with Gasteiger partial charge in [0, 0.05) is 20.7 Å². The van der Waals surface area contributed by atoms with Gasteiger partial charge >= 0.3 is 0 Å². The standard InChI is InChI=1S/C12H10Br2ClNS/c1-7(8-4-12(15)17-6-8)16-11-3-2-9(13)5-10(11)14/h2-7,16H,1H3. The molecule has 2 aromatic rings. The summed E-state index contributed by atoms with van der Waals surface area (Å²) >= 11 is 14.5. The minimum absolute atomic E-state index is 0.233. The minimum atomic E-state index is 0.233. The van der Waals surface area contributed by atoms with Gasteiger partial charge in [-0.05, 0) is 58.1 Å². The number of hydrogen-bond donors (Lipinski definition) is 1. The summed E-state index contributed by atoms with van der Waals surface area (Å²) in [5.41, 5.74) is 2.28. The Morgan fingerprint density at radius 3 is 2.65 bits per heavy atom. The van der Waals surface area contributed by atoms with E-state index in [0.29, 0.717) is 0 Å². The van der Waals surface area contributed by atoms with E-state index in [1.165, 1.54) is 5.56 Å². The van der Waals surface area contributed by atoms with Crippen LogP contribution in [0.5, 0.6) is 0 Å². The fourth-order valence-electron chi connectivity index (χ4n) is 1.47. The van der Waals surface area contributed by atoms with Crippen molar-refractivity contribution in [1.29, 1.82) is 0 Å². The van der Waals surface area contributed by atoms with Crippen LogP contribution in [-0.4, -0.2) is 0 Å². The molecule has 1 atom stereocenters. The number of benzene rings is 1. The molecule has 0 radical (unpaired) electrons. The van der Waals surface area contributed by atoms with Crippen molar-refractivity contribution in [2.45, 2.75) is 13.0 Å². The van der Waals surface area contributed by atoms with Crippen molar-refractivity contribution >= 4 is 60.5 Å². The van der Waals surface area contributed by atoms with Gasteiger partial charge in [0.15, 0.2) is 0 Å². The second kappa shape index (κ2) is 5.74. The highest BCUT2D eigenvalue weighted by Crippen LogP contribution is 2.31. The molecule has 0 amide bonds. The van der Waals surface area contributed by atoms with Gasteiger partial charge in [-0.2, -0.15) is 0 Å². The van der Waals surface area contributed by atoms with Crippen molar-refractivity contribution in [2.24, 2.45) is 0 Å². The molecule has 2 rings (SSSR count). The zero-order chi connectivity index (χ0) is 12.4. The Morgan fingerprint density at radius 1 is 1.29 bits per heavy atom. The average Bonchev–Trinajstić information content (AvgIpc) is 2.69. The van der Waals surface area contributed by atoms with Crippen LogP contribution in [0.2, 0.25) is 4.34 Å². The summed E-state index contributed by atoms with van der Waals surface area (Å²) in [6, 6.07) is 8.31. The van der Waals surface area contributed by atoms with Crippen molar-refractivity contribution in [1.82, 2.24) is 0 Å². The predicted octanol–water partition coefficient (Wildman–Crippen LogP) is 6.10. The van der Waals surface area contributed by atoms with Crippen molar-refractivity contribution in [3.8, 4) is 0 Å². The largest absolute Gasteiger partial charge is 0.378 e. The van der Waals surface area contributed by atoms with Crippen LogP contribution in [0.3, 0.4) is 0 Å². The molecule has 90 valence electrons. The van der Waals surface area contributed by atoms with E-state index in [9.17, 15) is 0 Å². The first-order chi connectivity index (χ1) is 8.06. The van der Waals surface area contributed by atoms with Gasteiger partial charge < -0.3 is 5.32 Å². The molecule has 1 aromatic heterocycles. The van der Waals surface area contributed by atoms with Gasteiger partial charge in [0.05, 0.1) is 4.34 Å². The summed E-state index contributed by atoms with van der Waals surface area (Å²) < 4.78 is 2.92. The van der Waals surface area contributed by atoms with Crippen LogP contribution in [0.1, 0.15) is 18.5 Å². The maximum atomic E-state index is 5.93. The Hall–Kier alpha value is -0.0300. The van der Waals surface area contributed by atoms with Gasteiger partial charge in [-0.1, -0.05) is 27.5 Å². The van der Waals surface area contributed by atoms with Gasteiger partial charge in [-0.15, -0.1) is 11.3 Å². The zero-order valence-corrected chi connectivity index (χ0v) is 13.8. The van der Waals surface area contributed by atoms with Crippen molar-refractivity contribution in [3.63, 3.8) is 0 Å². The van der Waals surface area contributed by atoms with E-state index in [-0.39, 0.29) is 6.04 Å². The third kappa shape index (κ3) is 3.47. The number of nitrogens with one attached hydrogen (secondary N) is 1. The Bertz CT molecular complexity index is 527. The number of rotatable bonds is 3. The number of halogens is 3. The normalized spacial score (nSPS) is 12.5. The molecule has 0 bridgehead atoms. The molecule has 1 heterocycles. The van der Waals surface area contributed by atoms with E-state index in [1.54, 1.807) is 11.3 Å². The number of thiophene rings is 1. The SMILES string of the molecule is CC(Nc1ccc(Br)cc1Br)c1csc(Cl)c1. The van der Waals surface area contributed by atoms with Crippen molar-refractivity contribution in [3.05, 3.63) is 48.5 Å². The molecule has 1 aromatic carbocycles. The maximum absolute atomic E-state index is 5.93. The third-order valence-corrected chi connectivity index (χ3v) is 4.65. The summed E-state index contributed by atoms with van der Waals surface area (Å²) in [6.07, 6.45) is 0. The molecule has 1 N–H and O–H groups in total. The summed E-state index contributed by atoms with van der Waals surface area (Å²) in [7, 11) is 0. The second-order valence-electron chi connectivity index (χ2n) is 3.67. The summed E-state index contributed by atoms with van der Waals surface area (Å²) in [5, 5.41) is 5.52. The van der Waals surface area contributed by atoms with Crippen LogP contribution < -0.4 is 5.32 Å². The lowest BCUT2D eigenvalue weighted by Gasteiger charge is -2.15. The topological polar surface area (TPSA) is 12.0 Å². The third-order valence-electron chi connectivity index (χ3n) is 2.39. The molecule has 1 nitrogen and oxygen atoms in total. The number of anilines is 1. The van der Waals surface area contributed by atoms with E-state index in [1.807, 2.05) is 24.3 Å². The maximum Gasteiger partial charge on any atom is 0.0931 e. The van der Waals surface area contributed by atoms with E-state index in [4.69, 9.17) is 11.6 Å². The lowest BCUT2D eigenvalue weighted by Crippen LogP contribution is -2.05. The first kappa shape index (κ1) is 13.4. The highest BCUT2D eigenvalue weighted by Gasteiger charge is 2.09. The van der Waals surface area contributed by atoms with Gasteiger partial charge in [-0.25, -0.2) is 0 Å². The lowest BCUT2D eigenvalue weighted by molar-refractivity contribution is 0.889. The molecule has 5 heteroatoms. The Balaban J connectivity index is 2.15. The Morgan fingerprint density at radius 2 is 2.06 bits per heavy atom. The fraction of sp³-hybridized carbons (Fsp3) is 0.167. The van der Waals surface area contributed by atoms with E-state index >= 15 is 0 Å². The molecular formula is C12H10Br2ClNS. The quantitative estimate of drug-likeness (QED) is 0.662. The van der Waals surface area contributed by atoms with Gasteiger partial charge in [0.2, 0.25) is 0 Å². The van der Waals surface area contributed by atoms with Crippen LogP contribution in [0, 0.1) is 0 Å². The second-order valence-corrected chi connectivity index (χ2v) is 6.99. The van der Waals surface area contributed by atoms with E-state index < -0.39 is 0 Å². The molecule has 0 fully saturated rings. The summed E-state index contributed by atoms with van der Waals surface area (Å²) in [5.74, 6) is 0. The highest BCUT2D eigenvalue weighted by atomic mass is 79.9. The Labute approximate surface area is 126 Å². The Kier molecular flexibility index (Phi) is 4.53. The molecule has 0 aliphatic carbocycles. The summed E-state index contributed by atoms with van der Waals surface area (Å²) in [4.78, 5) is 0. The zero-order valence-electron chi connectivity index (χ0n) is 9.01.